The van der Waals surface area contributed by atoms with E-state index in [1.54, 1.807) is 4.90 Å². The van der Waals surface area contributed by atoms with Crippen molar-refractivity contribution in [2.24, 2.45) is 0 Å². The number of amides is 1. The number of fused-ring (bicyclic) bond motifs is 1. The Bertz CT molecular complexity index is 1050. The number of hydrogen-bond acceptors (Lipinski definition) is 2. The van der Waals surface area contributed by atoms with Gasteiger partial charge in [-0.1, -0.05) is 84.9 Å². The molecule has 2 unspecified atom stereocenters. The first-order valence-electron chi connectivity index (χ1n) is 10.2. The minimum Gasteiger partial charge on any atom is -0.481 e. The van der Waals surface area contributed by atoms with E-state index in [0.717, 1.165) is 22.3 Å². The van der Waals surface area contributed by atoms with Crippen molar-refractivity contribution in [3.63, 3.8) is 0 Å². The van der Waals surface area contributed by atoms with Gasteiger partial charge in [0.25, 0.3) is 0 Å². The van der Waals surface area contributed by atoms with Crippen molar-refractivity contribution in [1.82, 2.24) is 4.90 Å². The number of carbonyl (C=O) groups excluding carboxylic acids is 1. The lowest BCUT2D eigenvalue weighted by Gasteiger charge is -2.42. The molecule has 4 rings (SSSR count). The third-order valence-corrected chi connectivity index (χ3v) is 6.14. The lowest BCUT2D eigenvalue weighted by molar-refractivity contribution is -0.141. The molecule has 1 aliphatic rings. The minimum absolute atomic E-state index is 0.00570. The summed E-state index contributed by atoms with van der Waals surface area (Å²) in [5.74, 6) is -1.44. The van der Waals surface area contributed by atoms with Crippen molar-refractivity contribution in [2.45, 2.75) is 30.7 Å². The molecule has 3 aromatic carbocycles. The predicted molar refractivity (Wildman–Crippen MR) is 116 cm³/mol. The second kappa shape index (κ2) is 8.15. The van der Waals surface area contributed by atoms with Crippen LogP contribution in [0.2, 0.25) is 0 Å². The van der Waals surface area contributed by atoms with Gasteiger partial charge in [-0.05, 0) is 35.1 Å². The molecule has 0 saturated heterocycles. The molecule has 0 aliphatic heterocycles. The Labute approximate surface area is 176 Å². The number of aliphatic carboxylic acids is 1. The molecule has 30 heavy (non-hydrogen) atoms. The number of nitrogens with zero attached hydrogens (tertiary/aromatic N) is 1. The molecule has 0 saturated carbocycles. The van der Waals surface area contributed by atoms with Crippen LogP contribution in [0.4, 0.5) is 0 Å². The number of carboxylic acids is 1. The Morgan fingerprint density at radius 2 is 1.53 bits per heavy atom. The van der Waals surface area contributed by atoms with Crippen molar-refractivity contribution in [1.29, 1.82) is 0 Å². The van der Waals surface area contributed by atoms with Crippen LogP contribution in [0, 0.1) is 0 Å². The van der Waals surface area contributed by atoms with Crippen molar-refractivity contribution in [2.75, 3.05) is 7.05 Å². The van der Waals surface area contributed by atoms with Gasteiger partial charge in [0.2, 0.25) is 5.91 Å². The molecule has 0 radical (unpaired) electrons. The summed E-state index contributed by atoms with van der Waals surface area (Å²) < 4.78 is 0. The summed E-state index contributed by atoms with van der Waals surface area (Å²) in [6, 6.07) is 27.2. The van der Waals surface area contributed by atoms with E-state index in [0.29, 0.717) is 19.4 Å². The van der Waals surface area contributed by atoms with E-state index in [-0.39, 0.29) is 5.91 Å². The number of rotatable bonds is 5. The number of likely N-dealkylation sites (N-methyl/N-ethyl adjacent to an activating group) is 1. The van der Waals surface area contributed by atoms with Crippen LogP contribution in [-0.2, 0) is 21.5 Å². The Morgan fingerprint density at radius 1 is 0.933 bits per heavy atom. The number of benzene rings is 3. The molecule has 0 aromatic heterocycles. The topological polar surface area (TPSA) is 57.6 Å². The van der Waals surface area contributed by atoms with E-state index in [9.17, 15) is 14.7 Å². The van der Waals surface area contributed by atoms with E-state index < -0.39 is 17.3 Å². The highest BCUT2D eigenvalue weighted by Gasteiger charge is 2.49. The van der Waals surface area contributed by atoms with Gasteiger partial charge in [0.05, 0.1) is 11.3 Å². The van der Waals surface area contributed by atoms with Gasteiger partial charge in [0.15, 0.2) is 0 Å². The summed E-state index contributed by atoms with van der Waals surface area (Å²) in [6.07, 6.45) is 0.884. The van der Waals surface area contributed by atoms with Gasteiger partial charge >= 0.3 is 5.97 Å². The molecule has 0 heterocycles. The fraction of sp³-hybridized carbons (Fsp3) is 0.231. The lowest BCUT2D eigenvalue weighted by atomic mass is 9.62. The maximum atomic E-state index is 14.0. The molecular weight excluding hydrogens is 374 g/mol. The normalized spacial score (nSPS) is 20.2. The van der Waals surface area contributed by atoms with Gasteiger partial charge in [0.1, 0.15) is 0 Å². The molecular formula is C26H25NO3. The quantitative estimate of drug-likeness (QED) is 0.682. The summed E-state index contributed by atoms with van der Waals surface area (Å²) in [4.78, 5) is 27.7. The highest BCUT2D eigenvalue weighted by atomic mass is 16.4. The molecule has 152 valence electrons. The maximum Gasteiger partial charge on any atom is 0.310 e. The van der Waals surface area contributed by atoms with Crippen molar-refractivity contribution in [3.05, 3.63) is 107 Å². The SMILES string of the molecule is CN(Cc1ccccc1)C(=O)C1(c2ccccc2)CCC(C(=O)O)c2ccccc21. The number of hydrogen-bond donors (Lipinski definition) is 1. The third kappa shape index (κ3) is 3.39. The van der Waals surface area contributed by atoms with Gasteiger partial charge in [0, 0.05) is 13.6 Å². The van der Waals surface area contributed by atoms with Crippen LogP contribution >= 0.6 is 0 Å². The van der Waals surface area contributed by atoms with E-state index >= 15 is 0 Å². The highest BCUT2D eigenvalue weighted by molar-refractivity contribution is 5.94. The Morgan fingerprint density at radius 3 is 2.20 bits per heavy atom. The fourth-order valence-electron chi connectivity index (χ4n) is 4.72. The summed E-state index contributed by atoms with van der Waals surface area (Å²) in [5, 5.41) is 9.77. The average molecular weight is 399 g/mol. The molecule has 0 fully saturated rings. The van der Waals surface area contributed by atoms with Crippen LogP contribution in [-0.4, -0.2) is 28.9 Å². The molecule has 0 spiro atoms. The Hall–Kier alpha value is -3.40. The lowest BCUT2D eigenvalue weighted by Crippen LogP contribution is -2.48. The first-order chi connectivity index (χ1) is 14.5. The second-order valence-electron chi connectivity index (χ2n) is 7.93. The van der Waals surface area contributed by atoms with Gasteiger partial charge in [-0.15, -0.1) is 0 Å². The fourth-order valence-corrected chi connectivity index (χ4v) is 4.72. The zero-order valence-electron chi connectivity index (χ0n) is 17.0. The van der Waals surface area contributed by atoms with E-state index in [4.69, 9.17) is 0 Å². The van der Waals surface area contributed by atoms with Crippen LogP contribution in [0.1, 0.15) is 41.0 Å². The molecule has 4 heteroatoms. The molecule has 3 aromatic rings. The summed E-state index contributed by atoms with van der Waals surface area (Å²) in [5.41, 5.74) is 2.62. The molecule has 4 nitrogen and oxygen atoms in total. The maximum absolute atomic E-state index is 14.0. The van der Waals surface area contributed by atoms with Gasteiger partial charge in [-0.25, -0.2) is 0 Å². The third-order valence-electron chi connectivity index (χ3n) is 6.14. The predicted octanol–water partition coefficient (Wildman–Crippen LogP) is 4.59. The molecule has 1 aliphatic carbocycles. The monoisotopic (exact) mass is 399 g/mol. The van der Waals surface area contributed by atoms with Crippen LogP contribution in [0.5, 0.6) is 0 Å². The van der Waals surface area contributed by atoms with Gasteiger partial charge in [-0.2, -0.15) is 0 Å². The number of carboxylic acid groups (broad SMARTS) is 1. The van der Waals surface area contributed by atoms with Gasteiger partial charge in [-0.3, -0.25) is 9.59 Å². The van der Waals surface area contributed by atoms with E-state index in [1.165, 1.54) is 0 Å². The summed E-state index contributed by atoms with van der Waals surface area (Å²) >= 11 is 0. The van der Waals surface area contributed by atoms with E-state index in [1.807, 2.05) is 92.0 Å². The molecule has 1 N–H and O–H groups in total. The largest absolute Gasteiger partial charge is 0.481 e. The van der Waals surface area contributed by atoms with Gasteiger partial charge < -0.3 is 10.0 Å². The minimum atomic E-state index is -0.896. The smallest absolute Gasteiger partial charge is 0.310 e. The Balaban J connectivity index is 1.84. The highest BCUT2D eigenvalue weighted by Crippen LogP contribution is 2.48. The van der Waals surface area contributed by atoms with E-state index in [2.05, 4.69) is 0 Å². The van der Waals surface area contributed by atoms with Crippen LogP contribution in [0.3, 0.4) is 0 Å². The zero-order chi connectivity index (χ0) is 21.1. The molecule has 2 atom stereocenters. The second-order valence-corrected chi connectivity index (χ2v) is 7.93. The average Bonchev–Trinajstić information content (AvgIpc) is 2.79. The first kappa shape index (κ1) is 19.9. The van der Waals surface area contributed by atoms with Crippen molar-refractivity contribution < 1.29 is 14.7 Å². The zero-order valence-corrected chi connectivity index (χ0v) is 17.0. The Kier molecular flexibility index (Phi) is 5.40. The molecule has 1 amide bonds. The first-order valence-corrected chi connectivity index (χ1v) is 10.2. The summed E-state index contributed by atoms with van der Waals surface area (Å²) in [6.45, 7) is 0.499. The van der Waals surface area contributed by atoms with Crippen LogP contribution in [0.25, 0.3) is 0 Å². The van der Waals surface area contributed by atoms with Crippen molar-refractivity contribution >= 4 is 11.9 Å². The van der Waals surface area contributed by atoms with Crippen LogP contribution in [0.15, 0.2) is 84.9 Å². The standard InChI is InChI=1S/C26H25NO3/c1-27(18-19-10-4-2-5-11-19)25(30)26(20-12-6-3-7-13-20)17-16-22(24(28)29)21-14-8-9-15-23(21)26/h2-15,22H,16-18H2,1H3,(H,28,29). The number of carbonyl (C=O) groups is 2. The summed E-state index contributed by atoms with van der Waals surface area (Å²) in [7, 11) is 1.83. The van der Waals surface area contributed by atoms with Crippen molar-refractivity contribution in [3.8, 4) is 0 Å². The molecule has 0 bridgehead atoms. The van der Waals surface area contributed by atoms with Crippen LogP contribution < -0.4 is 0 Å².